The van der Waals surface area contributed by atoms with Crippen molar-refractivity contribution in [3.05, 3.63) is 52.9 Å². The maximum Gasteiger partial charge on any atom is 0.488 e. The summed E-state index contributed by atoms with van der Waals surface area (Å²) in [6, 6.07) is 13.0. The quantitative estimate of drug-likeness (QED) is 0.188. The number of benzene rings is 3. The van der Waals surface area contributed by atoms with Crippen molar-refractivity contribution in [3.63, 3.8) is 0 Å². The van der Waals surface area contributed by atoms with E-state index in [1.807, 2.05) is 18.2 Å². The van der Waals surface area contributed by atoms with Gasteiger partial charge in [-0.25, -0.2) is 0 Å². The van der Waals surface area contributed by atoms with Gasteiger partial charge in [-0.05, 0) is 21.4 Å². The van der Waals surface area contributed by atoms with Crippen LogP contribution in [0.15, 0.2) is 42.5 Å². The van der Waals surface area contributed by atoms with E-state index in [0.717, 1.165) is 59.3 Å². The standard InChI is InChI=1S/C22H15B2NO4/c1-10-14-4-3-5-15-11(2)17-7-13(24(28)29)9-19-18-8-12(23(26)27)6-16(10)21(18)25(20(14)15)22(17)19/h3-9,26-29H,1-2H2. The minimum absolute atomic E-state index is 0.363. The maximum atomic E-state index is 9.86. The molecule has 3 aromatic heterocycles. The van der Waals surface area contributed by atoms with E-state index in [1.54, 1.807) is 24.3 Å². The molecule has 4 N–H and O–H groups in total. The minimum Gasteiger partial charge on any atom is -0.423 e. The summed E-state index contributed by atoms with van der Waals surface area (Å²) >= 11 is 0. The number of nitrogens with zero attached hydrogens (tertiary/aromatic N) is 1. The number of pyridine rings is 2. The summed E-state index contributed by atoms with van der Waals surface area (Å²) in [7, 11) is -3.25. The molecular weight excluding hydrogens is 364 g/mol. The van der Waals surface area contributed by atoms with Crippen LogP contribution in [0, 0.1) is 0 Å². The average molecular weight is 379 g/mol. The first-order valence-electron chi connectivity index (χ1n) is 9.29. The second-order valence-electron chi connectivity index (χ2n) is 7.67. The van der Waals surface area contributed by atoms with Gasteiger partial charge in [-0.2, -0.15) is 0 Å². The van der Waals surface area contributed by atoms with Crippen molar-refractivity contribution >= 4 is 87.2 Å². The lowest BCUT2D eigenvalue weighted by molar-refractivity contribution is 0.424. The van der Waals surface area contributed by atoms with Gasteiger partial charge in [-0.1, -0.05) is 55.6 Å². The Balaban J connectivity index is 2.09. The third-order valence-corrected chi connectivity index (χ3v) is 6.16. The van der Waals surface area contributed by atoms with Gasteiger partial charge in [0.1, 0.15) is 0 Å². The Morgan fingerprint density at radius 2 is 0.966 bits per heavy atom. The van der Waals surface area contributed by atoms with Crippen LogP contribution in [0.25, 0.3) is 62.0 Å². The lowest BCUT2D eigenvalue weighted by Gasteiger charge is -2.15. The van der Waals surface area contributed by atoms with E-state index in [1.165, 1.54) is 0 Å². The van der Waals surface area contributed by atoms with Gasteiger partial charge in [0.2, 0.25) is 0 Å². The minimum atomic E-state index is -1.62. The largest absolute Gasteiger partial charge is 0.488 e. The molecule has 0 atom stereocenters. The molecule has 0 amide bonds. The zero-order valence-corrected chi connectivity index (χ0v) is 15.3. The molecule has 3 heterocycles. The van der Waals surface area contributed by atoms with Crippen LogP contribution in [0.1, 0.15) is 0 Å². The van der Waals surface area contributed by atoms with Crippen molar-refractivity contribution in [2.24, 2.45) is 0 Å². The summed E-state index contributed by atoms with van der Waals surface area (Å²) in [5.41, 5.74) is 3.58. The van der Waals surface area contributed by atoms with Gasteiger partial charge in [-0.15, -0.1) is 0 Å². The fourth-order valence-corrected chi connectivity index (χ4v) is 4.86. The molecule has 0 bridgehead atoms. The summed E-state index contributed by atoms with van der Waals surface area (Å²) in [6.07, 6.45) is 0. The third kappa shape index (κ3) is 1.90. The van der Waals surface area contributed by atoms with Crippen molar-refractivity contribution in [1.29, 1.82) is 0 Å². The van der Waals surface area contributed by atoms with E-state index in [-0.39, 0.29) is 0 Å². The first-order chi connectivity index (χ1) is 13.9. The van der Waals surface area contributed by atoms with Gasteiger partial charge in [0.05, 0.1) is 16.6 Å². The van der Waals surface area contributed by atoms with Crippen LogP contribution >= 0.6 is 0 Å². The van der Waals surface area contributed by atoms with Gasteiger partial charge < -0.3 is 24.5 Å². The van der Waals surface area contributed by atoms with Crippen LogP contribution in [-0.4, -0.2) is 38.7 Å². The Kier molecular flexibility index (Phi) is 3.07. The Labute approximate surface area is 165 Å². The fraction of sp³-hybridized carbons (Fsp3) is 0. The van der Waals surface area contributed by atoms with Gasteiger partial charge in [0, 0.05) is 32.3 Å². The fourth-order valence-electron chi connectivity index (χ4n) is 4.86. The Bertz CT molecular complexity index is 1580. The zero-order valence-electron chi connectivity index (χ0n) is 15.3. The average Bonchev–Trinajstić information content (AvgIpc) is 3.04. The van der Waals surface area contributed by atoms with Crippen LogP contribution < -0.4 is 21.4 Å². The summed E-state index contributed by atoms with van der Waals surface area (Å²) in [6.45, 7) is 8.59. The lowest BCUT2D eigenvalue weighted by Crippen LogP contribution is -2.30. The molecule has 0 saturated heterocycles. The maximum absolute atomic E-state index is 9.86. The highest BCUT2D eigenvalue weighted by Gasteiger charge is 2.24. The van der Waals surface area contributed by atoms with Crippen LogP contribution in [0.5, 0.6) is 0 Å². The summed E-state index contributed by atoms with van der Waals surface area (Å²) < 4.78 is 2.17. The molecule has 0 fully saturated rings. The molecule has 0 unspecified atom stereocenters. The van der Waals surface area contributed by atoms with E-state index in [2.05, 4.69) is 17.6 Å². The SMILES string of the molecule is C=c1c2cccc3c(=C)c4cc(B(O)O)cc5c6cc(B(O)O)cc1c6n(c23)c45. The van der Waals surface area contributed by atoms with Crippen LogP contribution in [0.2, 0.25) is 0 Å². The molecule has 6 rings (SSSR count). The van der Waals surface area contributed by atoms with E-state index in [0.29, 0.717) is 10.9 Å². The number of fused-ring (bicyclic) bond motifs is 1. The van der Waals surface area contributed by atoms with Gasteiger partial charge in [-0.3, -0.25) is 0 Å². The molecule has 138 valence electrons. The monoisotopic (exact) mass is 379 g/mol. The van der Waals surface area contributed by atoms with Crippen molar-refractivity contribution in [2.75, 3.05) is 0 Å². The van der Waals surface area contributed by atoms with Crippen molar-refractivity contribution in [2.45, 2.75) is 0 Å². The van der Waals surface area contributed by atoms with Gasteiger partial charge in [0.15, 0.2) is 0 Å². The smallest absolute Gasteiger partial charge is 0.423 e. The summed E-state index contributed by atoms with van der Waals surface area (Å²) in [4.78, 5) is 0. The molecule has 0 saturated carbocycles. The first-order valence-corrected chi connectivity index (χ1v) is 9.29. The van der Waals surface area contributed by atoms with E-state index in [4.69, 9.17) is 0 Å². The Hall–Kier alpha value is -3.09. The number of hydrogen-bond acceptors (Lipinski definition) is 4. The zero-order chi connectivity index (χ0) is 20.2. The molecule has 6 aromatic rings. The molecule has 0 aliphatic rings. The molecular formula is C22H15B2NO4. The number of aromatic nitrogens is 1. The van der Waals surface area contributed by atoms with Crippen LogP contribution in [0.3, 0.4) is 0 Å². The second kappa shape index (κ2) is 5.28. The Morgan fingerprint density at radius 1 is 0.586 bits per heavy atom. The van der Waals surface area contributed by atoms with E-state index >= 15 is 0 Å². The van der Waals surface area contributed by atoms with Crippen molar-refractivity contribution in [3.8, 4) is 0 Å². The third-order valence-electron chi connectivity index (χ3n) is 6.16. The van der Waals surface area contributed by atoms with Crippen molar-refractivity contribution < 1.29 is 20.1 Å². The summed E-state index contributed by atoms with van der Waals surface area (Å²) in [5, 5.41) is 46.3. The van der Waals surface area contributed by atoms with Gasteiger partial charge in [0.25, 0.3) is 0 Å². The molecule has 7 heteroatoms. The Morgan fingerprint density at radius 3 is 1.38 bits per heavy atom. The second-order valence-corrected chi connectivity index (χ2v) is 7.67. The molecule has 0 spiro atoms. The lowest BCUT2D eigenvalue weighted by atomic mass is 9.77. The highest BCUT2D eigenvalue weighted by atomic mass is 16.4. The number of para-hydroxylation sites is 1. The molecule has 29 heavy (non-hydrogen) atoms. The van der Waals surface area contributed by atoms with E-state index < -0.39 is 14.2 Å². The van der Waals surface area contributed by atoms with Crippen LogP contribution in [0.4, 0.5) is 0 Å². The first kappa shape index (κ1) is 16.8. The number of rotatable bonds is 2. The molecule has 0 radical (unpaired) electrons. The highest BCUT2D eigenvalue weighted by Crippen LogP contribution is 2.36. The molecule has 0 aliphatic heterocycles. The molecule has 0 aliphatic carbocycles. The van der Waals surface area contributed by atoms with Crippen molar-refractivity contribution in [1.82, 2.24) is 4.40 Å². The normalized spacial score (nSPS) is 12.4. The highest BCUT2D eigenvalue weighted by molar-refractivity contribution is 6.60. The van der Waals surface area contributed by atoms with Gasteiger partial charge >= 0.3 is 14.2 Å². The number of hydrogen-bond donors (Lipinski definition) is 4. The predicted octanol–water partition coefficient (Wildman–Crippen LogP) is -0.392. The van der Waals surface area contributed by atoms with Crippen LogP contribution in [-0.2, 0) is 0 Å². The topological polar surface area (TPSA) is 85.3 Å². The van der Waals surface area contributed by atoms with E-state index in [9.17, 15) is 20.1 Å². The molecule has 3 aromatic carbocycles. The summed E-state index contributed by atoms with van der Waals surface area (Å²) in [5.74, 6) is 0. The predicted molar refractivity (Wildman–Crippen MR) is 120 cm³/mol. The molecule has 5 nitrogen and oxygen atoms in total.